The lowest BCUT2D eigenvalue weighted by Crippen LogP contribution is -2.37. The summed E-state index contributed by atoms with van der Waals surface area (Å²) >= 11 is 0.737. The molecule has 3 aromatic rings. The minimum absolute atomic E-state index is 0.00673. The van der Waals surface area contributed by atoms with Gasteiger partial charge in [-0.3, -0.25) is 14.9 Å². The van der Waals surface area contributed by atoms with Crippen LogP contribution in [0.1, 0.15) is 87.5 Å². The summed E-state index contributed by atoms with van der Waals surface area (Å²) in [6.45, 7) is 15.9. The highest BCUT2D eigenvalue weighted by molar-refractivity contribution is 7.14. The summed E-state index contributed by atoms with van der Waals surface area (Å²) in [6.07, 6.45) is -0.549. The van der Waals surface area contributed by atoms with E-state index in [1.807, 2.05) is 35.8 Å². The summed E-state index contributed by atoms with van der Waals surface area (Å²) < 4.78 is 34.0. The van der Waals surface area contributed by atoms with Gasteiger partial charge in [0.15, 0.2) is 0 Å². The second-order valence-corrected chi connectivity index (χ2v) is 14.1. The Labute approximate surface area is 267 Å². The van der Waals surface area contributed by atoms with Crippen LogP contribution in [0.4, 0.5) is 14.7 Å². The quantitative estimate of drug-likeness (QED) is 0.175. The number of alkyl halides is 2. The fourth-order valence-corrected chi connectivity index (χ4v) is 6.01. The SMILES string of the molecule is CCOC(C)(C)C=C(C#N)C(=O)N1CCC(n2c(NC(=O)c3ccc(C(F)F)s3)nc3cc(CNC(C)C(C)(C)C)ccc32)C1. The molecule has 2 atom stereocenters. The lowest BCUT2D eigenvalue weighted by molar-refractivity contribution is -0.126. The molecular weight excluding hydrogens is 598 g/mol. The number of benzene rings is 1. The van der Waals surface area contributed by atoms with Crippen molar-refractivity contribution in [2.75, 3.05) is 25.0 Å². The van der Waals surface area contributed by atoms with Crippen molar-refractivity contribution < 1.29 is 23.1 Å². The van der Waals surface area contributed by atoms with Crippen LogP contribution in [0.2, 0.25) is 0 Å². The predicted octanol–water partition coefficient (Wildman–Crippen LogP) is 6.85. The van der Waals surface area contributed by atoms with Crippen molar-refractivity contribution in [1.29, 1.82) is 5.26 Å². The van der Waals surface area contributed by atoms with Crippen LogP contribution in [0.3, 0.4) is 0 Å². The summed E-state index contributed by atoms with van der Waals surface area (Å²) in [7, 11) is 0. The number of rotatable bonds is 11. The number of carbonyl (C=O) groups excluding carboxylic acids is 2. The van der Waals surface area contributed by atoms with Crippen LogP contribution >= 0.6 is 11.3 Å². The second-order valence-electron chi connectivity index (χ2n) is 13.0. The molecule has 45 heavy (non-hydrogen) atoms. The monoisotopic (exact) mass is 640 g/mol. The number of thiophene rings is 1. The van der Waals surface area contributed by atoms with E-state index >= 15 is 0 Å². The van der Waals surface area contributed by atoms with E-state index in [9.17, 15) is 23.6 Å². The molecule has 1 saturated heterocycles. The van der Waals surface area contributed by atoms with Crippen molar-refractivity contribution in [3.05, 3.63) is 57.3 Å². The van der Waals surface area contributed by atoms with Crippen LogP contribution in [0, 0.1) is 16.7 Å². The van der Waals surface area contributed by atoms with Crippen LogP contribution in [-0.4, -0.2) is 57.6 Å². The summed E-state index contributed by atoms with van der Waals surface area (Å²) in [5, 5.41) is 16.2. The third-order valence-electron chi connectivity index (χ3n) is 8.13. The van der Waals surface area contributed by atoms with Gasteiger partial charge in [0.2, 0.25) is 5.95 Å². The van der Waals surface area contributed by atoms with E-state index < -0.39 is 17.9 Å². The van der Waals surface area contributed by atoms with Crippen molar-refractivity contribution in [3.63, 3.8) is 0 Å². The van der Waals surface area contributed by atoms with Gasteiger partial charge in [-0.2, -0.15) is 5.26 Å². The van der Waals surface area contributed by atoms with Gasteiger partial charge in [-0.05, 0) is 75.4 Å². The number of carbonyl (C=O) groups is 2. The molecule has 1 aliphatic rings. The van der Waals surface area contributed by atoms with Gasteiger partial charge in [0.1, 0.15) is 11.6 Å². The fraction of sp³-hybridized carbons (Fsp3) is 0.515. The van der Waals surface area contributed by atoms with Crippen molar-refractivity contribution in [3.8, 4) is 6.07 Å². The van der Waals surface area contributed by atoms with Crippen LogP contribution in [0.15, 0.2) is 42.0 Å². The number of nitriles is 1. The molecule has 4 rings (SSSR count). The molecule has 0 saturated carbocycles. The molecule has 2 unspecified atom stereocenters. The molecule has 9 nitrogen and oxygen atoms in total. The van der Waals surface area contributed by atoms with E-state index in [-0.39, 0.29) is 44.7 Å². The lowest BCUT2D eigenvalue weighted by Gasteiger charge is -2.28. The van der Waals surface area contributed by atoms with Crippen LogP contribution < -0.4 is 10.6 Å². The molecule has 1 aromatic carbocycles. The average molecular weight is 641 g/mol. The topological polar surface area (TPSA) is 112 Å². The number of anilines is 1. The highest BCUT2D eigenvalue weighted by atomic mass is 32.1. The molecule has 2 aromatic heterocycles. The zero-order valence-corrected chi connectivity index (χ0v) is 27.7. The van der Waals surface area contributed by atoms with E-state index in [1.54, 1.807) is 24.8 Å². The highest BCUT2D eigenvalue weighted by Gasteiger charge is 2.33. The molecule has 0 radical (unpaired) electrons. The third-order valence-corrected chi connectivity index (χ3v) is 9.22. The number of hydrogen-bond donors (Lipinski definition) is 2. The fourth-order valence-electron chi connectivity index (χ4n) is 5.26. The summed E-state index contributed by atoms with van der Waals surface area (Å²) in [5.41, 5.74) is 1.76. The molecule has 2 N–H and O–H groups in total. The van der Waals surface area contributed by atoms with Gasteiger partial charge in [0, 0.05) is 32.3 Å². The Morgan fingerprint density at radius 1 is 1.22 bits per heavy atom. The number of nitrogens with zero attached hydrogens (tertiary/aromatic N) is 4. The Hall–Kier alpha value is -3.66. The summed E-state index contributed by atoms with van der Waals surface area (Å²) in [6, 6.07) is 10.6. The molecular formula is C33H42F2N6O3S. The van der Waals surface area contributed by atoms with Gasteiger partial charge < -0.3 is 19.5 Å². The zero-order chi connectivity index (χ0) is 33.1. The normalized spacial score (nSPS) is 16.8. The van der Waals surface area contributed by atoms with Gasteiger partial charge in [-0.25, -0.2) is 13.8 Å². The first-order valence-electron chi connectivity index (χ1n) is 15.1. The largest absolute Gasteiger partial charge is 0.372 e. The maximum Gasteiger partial charge on any atom is 0.272 e. The Balaban J connectivity index is 1.65. The zero-order valence-electron chi connectivity index (χ0n) is 26.9. The van der Waals surface area contributed by atoms with Crippen LogP contribution in [-0.2, 0) is 16.1 Å². The lowest BCUT2D eigenvalue weighted by atomic mass is 9.88. The molecule has 0 spiro atoms. The van der Waals surface area contributed by atoms with E-state index in [4.69, 9.17) is 9.72 Å². The number of imidazole rings is 1. The van der Waals surface area contributed by atoms with E-state index in [1.165, 1.54) is 12.1 Å². The van der Waals surface area contributed by atoms with Gasteiger partial charge in [0.05, 0.1) is 32.4 Å². The summed E-state index contributed by atoms with van der Waals surface area (Å²) in [5.74, 6) is -0.659. The molecule has 0 aliphatic carbocycles. The van der Waals surface area contributed by atoms with Crippen molar-refractivity contribution in [1.82, 2.24) is 19.8 Å². The molecule has 0 bridgehead atoms. The number of halogens is 2. The van der Waals surface area contributed by atoms with E-state index in [0.29, 0.717) is 38.2 Å². The smallest absolute Gasteiger partial charge is 0.272 e. The number of aromatic nitrogens is 2. The highest BCUT2D eigenvalue weighted by Crippen LogP contribution is 2.33. The molecule has 1 fully saturated rings. The Morgan fingerprint density at radius 3 is 2.58 bits per heavy atom. The van der Waals surface area contributed by atoms with E-state index in [0.717, 1.165) is 22.4 Å². The third kappa shape index (κ3) is 8.14. The van der Waals surface area contributed by atoms with E-state index in [2.05, 4.69) is 38.3 Å². The van der Waals surface area contributed by atoms with Gasteiger partial charge in [-0.15, -0.1) is 11.3 Å². The van der Waals surface area contributed by atoms with Crippen LogP contribution in [0.25, 0.3) is 11.0 Å². The average Bonchev–Trinajstić information content (AvgIpc) is 3.72. The maximum atomic E-state index is 13.4. The Bertz CT molecular complexity index is 1610. The molecule has 12 heteroatoms. The standard InChI is InChI=1S/C33H42F2N6O3S/c1-8-44-33(6,7)16-22(17-36)30(43)40-14-13-23(19-40)41-25-10-9-21(18-37-20(2)32(3,4)5)15-24(25)38-31(41)39-29(42)27-12-11-26(45-27)28(34)35/h9-12,15-16,20,23,28,37H,8,13-14,18-19H2,1-7H3,(H,38,39,42). The number of ether oxygens (including phenoxy) is 1. The molecule has 242 valence electrons. The first-order valence-corrected chi connectivity index (χ1v) is 15.9. The number of likely N-dealkylation sites (tertiary alicyclic amines) is 1. The minimum atomic E-state index is -2.66. The number of nitrogens with one attached hydrogen (secondary N) is 2. The Kier molecular flexibility index (Phi) is 10.5. The van der Waals surface area contributed by atoms with Crippen molar-refractivity contribution in [2.45, 2.75) is 85.5 Å². The minimum Gasteiger partial charge on any atom is -0.372 e. The first kappa shape index (κ1) is 34.2. The van der Waals surface area contributed by atoms with Gasteiger partial charge >= 0.3 is 0 Å². The molecule has 2 amide bonds. The molecule has 3 heterocycles. The van der Waals surface area contributed by atoms with Crippen molar-refractivity contribution in [2.24, 2.45) is 5.41 Å². The van der Waals surface area contributed by atoms with Gasteiger partial charge in [-0.1, -0.05) is 26.8 Å². The molecule has 1 aliphatic heterocycles. The number of hydrogen-bond acceptors (Lipinski definition) is 7. The maximum absolute atomic E-state index is 13.4. The first-order chi connectivity index (χ1) is 21.1. The number of amides is 2. The van der Waals surface area contributed by atoms with Crippen LogP contribution in [0.5, 0.6) is 0 Å². The van der Waals surface area contributed by atoms with Gasteiger partial charge in [0.25, 0.3) is 18.2 Å². The Morgan fingerprint density at radius 2 is 1.96 bits per heavy atom. The number of fused-ring (bicyclic) bond motifs is 1. The summed E-state index contributed by atoms with van der Waals surface area (Å²) in [4.78, 5) is 32.9. The predicted molar refractivity (Wildman–Crippen MR) is 172 cm³/mol. The van der Waals surface area contributed by atoms with Crippen molar-refractivity contribution >= 4 is 40.1 Å². The second kappa shape index (κ2) is 13.8.